The first-order chi connectivity index (χ1) is 27.8. The normalized spacial score (nSPS) is 11.6. The standard InChI is InChI=1S/C54H35NO/c1-3-13-36(14-4-1)39-27-32-48-52-35-51(47-21-11-12-22-49(47)54(52)56-53(48)34-39)38-25-30-43(31-26-38)55(41-16-5-2-6-17-41)42-28-23-37(24-29-42)50-33-40-15-7-8-18-44(40)45-19-9-10-20-46(45)50/h1-35H. The van der Waals surface area contributed by atoms with Crippen LogP contribution >= 0.6 is 0 Å². The molecule has 11 aromatic rings. The molecule has 1 aromatic heterocycles. The number of fused-ring (bicyclic) bond motifs is 8. The molecule has 0 aliphatic carbocycles. The minimum atomic E-state index is 0.900. The summed E-state index contributed by atoms with van der Waals surface area (Å²) in [6, 6.07) is 76.3. The fourth-order valence-corrected chi connectivity index (χ4v) is 8.54. The van der Waals surface area contributed by atoms with Crippen LogP contribution in [0.25, 0.3) is 87.6 Å². The van der Waals surface area contributed by atoms with Crippen LogP contribution in [0.4, 0.5) is 17.1 Å². The highest BCUT2D eigenvalue weighted by Gasteiger charge is 2.18. The van der Waals surface area contributed by atoms with Crippen molar-refractivity contribution in [1.29, 1.82) is 0 Å². The lowest BCUT2D eigenvalue weighted by Gasteiger charge is -2.26. The van der Waals surface area contributed by atoms with Gasteiger partial charge in [0.25, 0.3) is 0 Å². The first-order valence-corrected chi connectivity index (χ1v) is 19.2. The van der Waals surface area contributed by atoms with Crippen LogP contribution < -0.4 is 4.90 Å². The molecule has 2 nitrogen and oxygen atoms in total. The molecular formula is C54H35NO. The van der Waals surface area contributed by atoms with Crippen LogP contribution in [0.15, 0.2) is 217 Å². The Morgan fingerprint density at radius 1 is 0.286 bits per heavy atom. The summed E-state index contributed by atoms with van der Waals surface area (Å²) in [7, 11) is 0. The Morgan fingerprint density at radius 3 is 1.46 bits per heavy atom. The van der Waals surface area contributed by atoms with E-state index in [0.717, 1.165) is 55.5 Å². The Balaban J connectivity index is 0.995. The van der Waals surface area contributed by atoms with Crippen LogP contribution in [0.3, 0.4) is 0 Å². The molecule has 0 unspecified atom stereocenters. The third-order valence-corrected chi connectivity index (χ3v) is 11.2. The van der Waals surface area contributed by atoms with Crippen molar-refractivity contribution in [2.45, 2.75) is 0 Å². The molecule has 11 rings (SSSR count). The predicted octanol–water partition coefficient (Wildman–Crippen LogP) is 15.5. The van der Waals surface area contributed by atoms with E-state index in [1.165, 1.54) is 49.2 Å². The van der Waals surface area contributed by atoms with Crippen molar-refractivity contribution in [3.8, 4) is 33.4 Å². The van der Waals surface area contributed by atoms with Crippen LogP contribution in [0, 0.1) is 0 Å². The molecule has 1 heterocycles. The summed E-state index contributed by atoms with van der Waals surface area (Å²) in [5, 5.41) is 9.62. The monoisotopic (exact) mass is 713 g/mol. The number of para-hydroxylation sites is 1. The summed E-state index contributed by atoms with van der Waals surface area (Å²) in [6.07, 6.45) is 0. The molecule has 0 radical (unpaired) electrons. The van der Waals surface area contributed by atoms with Crippen molar-refractivity contribution in [2.24, 2.45) is 0 Å². The first-order valence-electron chi connectivity index (χ1n) is 19.2. The third-order valence-electron chi connectivity index (χ3n) is 11.2. The Labute approximate surface area is 325 Å². The van der Waals surface area contributed by atoms with Gasteiger partial charge in [0.1, 0.15) is 11.2 Å². The maximum absolute atomic E-state index is 6.64. The lowest BCUT2D eigenvalue weighted by Crippen LogP contribution is -2.09. The van der Waals surface area contributed by atoms with Gasteiger partial charge in [0, 0.05) is 33.2 Å². The van der Waals surface area contributed by atoms with Gasteiger partial charge in [-0.25, -0.2) is 0 Å². The predicted molar refractivity (Wildman–Crippen MR) is 237 cm³/mol. The zero-order valence-electron chi connectivity index (χ0n) is 30.6. The van der Waals surface area contributed by atoms with Crippen LogP contribution in [0.2, 0.25) is 0 Å². The average molecular weight is 714 g/mol. The van der Waals surface area contributed by atoms with Crippen molar-refractivity contribution in [1.82, 2.24) is 0 Å². The average Bonchev–Trinajstić information content (AvgIpc) is 3.65. The lowest BCUT2D eigenvalue weighted by atomic mass is 9.93. The van der Waals surface area contributed by atoms with Gasteiger partial charge in [-0.1, -0.05) is 152 Å². The van der Waals surface area contributed by atoms with Gasteiger partial charge in [-0.2, -0.15) is 0 Å². The number of hydrogen-bond donors (Lipinski definition) is 0. The van der Waals surface area contributed by atoms with E-state index in [4.69, 9.17) is 4.42 Å². The number of furan rings is 1. The van der Waals surface area contributed by atoms with Gasteiger partial charge >= 0.3 is 0 Å². The highest BCUT2D eigenvalue weighted by atomic mass is 16.3. The lowest BCUT2D eigenvalue weighted by molar-refractivity contribution is 0.673. The topological polar surface area (TPSA) is 16.4 Å². The van der Waals surface area contributed by atoms with E-state index in [0.29, 0.717) is 0 Å². The summed E-state index contributed by atoms with van der Waals surface area (Å²) in [5.74, 6) is 0. The molecule has 10 aromatic carbocycles. The summed E-state index contributed by atoms with van der Waals surface area (Å²) < 4.78 is 6.64. The van der Waals surface area contributed by atoms with E-state index in [9.17, 15) is 0 Å². The second-order valence-electron chi connectivity index (χ2n) is 14.5. The van der Waals surface area contributed by atoms with E-state index in [2.05, 4.69) is 217 Å². The van der Waals surface area contributed by atoms with Gasteiger partial charge in [0.15, 0.2) is 0 Å². The number of nitrogens with zero attached hydrogens (tertiary/aromatic N) is 1. The number of benzene rings is 10. The molecule has 0 atom stereocenters. The molecule has 262 valence electrons. The quantitative estimate of drug-likeness (QED) is 0.160. The fraction of sp³-hybridized carbons (Fsp3) is 0. The molecule has 0 aliphatic heterocycles. The molecule has 0 bridgehead atoms. The molecular weight excluding hydrogens is 679 g/mol. The number of anilines is 3. The molecule has 56 heavy (non-hydrogen) atoms. The minimum Gasteiger partial charge on any atom is -0.455 e. The van der Waals surface area contributed by atoms with Gasteiger partial charge in [-0.3, -0.25) is 0 Å². The second kappa shape index (κ2) is 13.2. The summed E-state index contributed by atoms with van der Waals surface area (Å²) in [4.78, 5) is 2.33. The molecule has 0 aliphatic rings. The molecule has 0 fully saturated rings. The second-order valence-corrected chi connectivity index (χ2v) is 14.5. The van der Waals surface area contributed by atoms with E-state index in [-0.39, 0.29) is 0 Å². The van der Waals surface area contributed by atoms with Crippen LogP contribution in [-0.4, -0.2) is 0 Å². The molecule has 2 heteroatoms. The van der Waals surface area contributed by atoms with Gasteiger partial charge in [0.2, 0.25) is 0 Å². The van der Waals surface area contributed by atoms with Crippen molar-refractivity contribution < 1.29 is 4.42 Å². The van der Waals surface area contributed by atoms with E-state index in [1.54, 1.807) is 0 Å². The molecule has 0 saturated carbocycles. The summed E-state index contributed by atoms with van der Waals surface area (Å²) >= 11 is 0. The van der Waals surface area contributed by atoms with Crippen molar-refractivity contribution in [3.05, 3.63) is 212 Å². The SMILES string of the molecule is c1ccc(-c2ccc3c(c2)oc2c4ccccc4c(-c4ccc(N(c5ccccc5)c5ccc(-c6cc7ccccc7c7ccccc67)cc5)cc4)cc32)cc1. The van der Waals surface area contributed by atoms with E-state index >= 15 is 0 Å². The highest BCUT2D eigenvalue weighted by molar-refractivity contribution is 6.19. The van der Waals surface area contributed by atoms with Crippen LogP contribution in [0.5, 0.6) is 0 Å². The smallest absolute Gasteiger partial charge is 0.143 e. The van der Waals surface area contributed by atoms with Crippen molar-refractivity contribution in [2.75, 3.05) is 4.90 Å². The Bertz CT molecular complexity index is 3220. The highest BCUT2D eigenvalue weighted by Crippen LogP contribution is 2.43. The minimum absolute atomic E-state index is 0.900. The molecule has 0 amide bonds. The number of rotatable bonds is 6. The Morgan fingerprint density at radius 2 is 0.786 bits per heavy atom. The molecule has 0 saturated heterocycles. The zero-order valence-corrected chi connectivity index (χ0v) is 30.6. The Kier molecular flexibility index (Phi) is 7.53. The van der Waals surface area contributed by atoms with E-state index in [1.807, 2.05) is 0 Å². The zero-order chi connectivity index (χ0) is 37.0. The van der Waals surface area contributed by atoms with Crippen LogP contribution in [-0.2, 0) is 0 Å². The maximum Gasteiger partial charge on any atom is 0.143 e. The summed E-state index contributed by atoms with van der Waals surface area (Å²) in [5.41, 5.74) is 12.3. The summed E-state index contributed by atoms with van der Waals surface area (Å²) in [6.45, 7) is 0. The van der Waals surface area contributed by atoms with Gasteiger partial charge in [-0.15, -0.1) is 0 Å². The van der Waals surface area contributed by atoms with Gasteiger partial charge in [-0.05, 0) is 121 Å². The van der Waals surface area contributed by atoms with Gasteiger partial charge < -0.3 is 9.32 Å². The molecule has 0 N–H and O–H groups in total. The molecule has 0 spiro atoms. The van der Waals surface area contributed by atoms with Crippen LogP contribution in [0.1, 0.15) is 0 Å². The Hall–Kier alpha value is -7.42. The van der Waals surface area contributed by atoms with Crippen molar-refractivity contribution in [3.63, 3.8) is 0 Å². The third kappa shape index (κ3) is 5.34. The van der Waals surface area contributed by atoms with E-state index < -0.39 is 0 Å². The fourth-order valence-electron chi connectivity index (χ4n) is 8.54. The first kappa shape index (κ1) is 32.0. The number of hydrogen-bond acceptors (Lipinski definition) is 2. The van der Waals surface area contributed by atoms with Crippen molar-refractivity contribution >= 4 is 71.3 Å². The van der Waals surface area contributed by atoms with Gasteiger partial charge in [0.05, 0.1) is 0 Å². The largest absolute Gasteiger partial charge is 0.455 e. The maximum atomic E-state index is 6.64.